The lowest BCUT2D eigenvalue weighted by molar-refractivity contribution is -0.104. The summed E-state index contributed by atoms with van der Waals surface area (Å²) >= 11 is 0. The van der Waals surface area contributed by atoms with Gasteiger partial charge in [-0.05, 0) is 13.0 Å². The van der Waals surface area contributed by atoms with E-state index in [-0.39, 0.29) is 0 Å². The van der Waals surface area contributed by atoms with Crippen LogP contribution in [0.15, 0.2) is 12.2 Å². The Balaban J connectivity index is 0. The molecule has 0 aromatic carbocycles. The van der Waals surface area contributed by atoms with E-state index >= 15 is 0 Å². The van der Waals surface area contributed by atoms with Crippen LogP contribution in [0.5, 0.6) is 0 Å². The SMILES string of the molecule is CC=CC=O.O=[C]O. The third-order valence-corrected chi connectivity index (χ3v) is 0.271. The summed E-state index contributed by atoms with van der Waals surface area (Å²) in [6, 6.07) is 0. The molecule has 0 saturated heterocycles. The first-order valence-electron chi connectivity index (χ1n) is 1.91. The van der Waals surface area contributed by atoms with Crippen LogP contribution < -0.4 is 0 Å². The van der Waals surface area contributed by atoms with Crippen LogP contribution in [0.3, 0.4) is 0 Å². The first-order chi connectivity index (χ1) is 3.83. The second-order valence-corrected chi connectivity index (χ2v) is 0.753. The minimum atomic E-state index is 0.500. The van der Waals surface area contributed by atoms with Gasteiger partial charge in [-0.1, -0.05) is 6.08 Å². The average Bonchev–Trinajstić information content (AvgIpc) is 1.71. The van der Waals surface area contributed by atoms with Crippen LogP contribution in [0.2, 0.25) is 0 Å². The second-order valence-electron chi connectivity index (χ2n) is 0.753. The molecule has 1 radical (unpaired) electrons. The molecular weight excluding hydrogens is 108 g/mol. The van der Waals surface area contributed by atoms with E-state index in [1.165, 1.54) is 6.08 Å². The van der Waals surface area contributed by atoms with Gasteiger partial charge in [-0.25, -0.2) is 4.79 Å². The Morgan fingerprint density at radius 2 is 2.00 bits per heavy atom. The predicted molar refractivity (Wildman–Crippen MR) is 29.2 cm³/mol. The monoisotopic (exact) mass is 115 g/mol. The van der Waals surface area contributed by atoms with Crippen molar-refractivity contribution in [3.8, 4) is 0 Å². The molecule has 3 nitrogen and oxygen atoms in total. The second kappa shape index (κ2) is 16.9. The quantitative estimate of drug-likeness (QED) is 0.397. The summed E-state index contributed by atoms with van der Waals surface area (Å²) in [6.07, 6.45) is 3.88. The van der Waals surface area contributed by atoms with E-state index < -0.39 is 0 Å². The first kappa shape index (κ1) is 9.99. The zero-order chi connectivity index (χ0) is 6.83. The Labute approximate surface area is 47.6 Å². The highest BCUT2D eigenvalue weighted by Crippen LogP contribution is 1.55. The van der Waals surface area contributed by atoms with Gasteiger partial charge in [0, 0.05) is 0 Å². The van der Waals surface area contributed by atoms with Crippen molar-refractivity contribution in [1.29, 1.82) is 0 Å². The summed E-state index contributed by atoms with van der Waals surface area (Å²) < 4.78 is 0. The summed E-state index contributed by atoms with van der Waals surface area (Å²) in [7, 11) is 0. The molecule has 0 rings (SSSR count). The van der Waals surface area contributed by atoms with Crippen molar-refractivity contribution in [2.75, 3.05) is 0 Å². The van der Waals surface area contributed by atoms with Crippen LogP contribution in [0, 0.1) is 0 Å². The summed E-state index contributed by atoms with van der Waals surface area (Å²) in [5.74, 6) is 0. The van der Waals surface area contributed by atoms with Crippen LogP contribution in [0.4, 0.5) is 0 Å². The molecule has 0 aliphatic heterocycles. The number of aliphatic hydroxyl groups excluding tert-OH is 1. The van der Waals surface area contributed by atoms with Crippen molar-refractivity contribution in [3.63, 3.8) is 0 Å². The van der Waals surface area contributed by atoms with E-state index in [1.54, 1.807) is 13.0 Å². The Kier molecular flexibility index (Phi) is 21.1. The highest BCUT2D eigenvalue weighted by atomic mass is 16.3. The van der Waals surface area contributed by atoms with Gasteiger partial charge in [-0.2, -0.15) is 0 Å². The third kappa shape index (κ3) is 94.9. The highest BCUT2D eigenvalue weighted by Gasteiger charge is 1.48. The number of aldehydes is 1. The summed E-state index contributed by atoms with van der Waals surface area (Å²) in [5, 5.41) is 6.76. The number of hydrogen-bond donors (Lipinski definition) is 1. The van der Waals surface area contributed by atoms with E-state index in [9.17, 15) is 4.79 Å². The number of allylic oxidation sites excluding steroid dienone is 2. The van der Waals surface area contributed by atoms with Crippen molar-refractivity contribution < 1.29 is 14.7 Å². The minimum Gasteiger partial charge on any atom is -0.473 e. The van der Waals surface area contributed by atoms with Crippen LogP contribution in [-0.4, -0.2) is 17.9 Å². The lowest BCUT2D eigenvalue weighted by Crippen LogP contribution is -1.50. The number of hydrogen-bond acceptors (Lipinski definition) is 2. The summed E-state index contributed by atoms with van der Waals surface area (Å²) in [6.45, 7) is 2.30. The topological polar surface area (TPSA) is 54.4 Å². The lowest BCUT2D eigenvalue weighted by atomic mass is 10.6. The van der Waals surface area contributed by atoms with E-state index in [0.717, 1.165) is 6.29 Å². The Bertz CT molecular complexity index is 75.7. The maximum absolute atomic E-state index is 9.32. The highest BCUT2D eigenvalue weighted by molar-refractivity contribution is 5.64. The fraction of sp³-hybridized carbons (Fsp3) is 0.200. The molecule has 0 amide bonds. The van der Waals surface area contributed by atoms with Crippen LogP contribution >= 0.6 is 0 Å². The maximum Gasteiger partial charge on any atom is 0.414 e. The zero-order valence-electron chi connectivity index (χ0n) is 4.50. The molecule has 0 aromatic heterocycles. The predicted octanol–water partition coefficient (Wildman–Crippen LogP) is 0.373. The average molecular weight is 115 g/mol. The molecule has 0 aliphatic carbocycles. The molecule has 0 heterocycles. The van der Waals surface area contributed by atoms with Crippen LogP contribution in [-0.2, 0) is 9.59 Å². The van der Waals surface area contributed by atoms with Crippen molar-refractivity contribution in [1.82, 2.24) is 0 Å². The molecule has 0 bridgehead atoms. The van der Waals surface area contributed by atoms with Gasteiger partial charge >= 0.3 is 6.47 Å². The van der Waals surface area contributed by atoms with Gasteiger partial charge in [0.25, 0.3) is 0 Å². The molecule has 0 aliphatic rings. The van der Waals surface area contributed by atoms with Crippen LogP contribution in [0.25, 0.3) is 0 Å². The smallest absolute Gasteiger partial charge is 0.414 e. The van der Waals surface area contributed by atoms with E-state index in [0.29, 0.717) is 6.47 Å². The van der Waals surface area contributed by atoms with Gasteiger partial charge in [-0.15, -0.1) is 0 Å². The van der Waals surface area contributed by atoms with Gasteiger partial charge in [0.15, 0.2) is 0 Å². The first-order valence-corrected chi connectivity index (χ1v) is 1.91. The normalized spacial score (nSPS) is 7.12. The third-order valence-electron chi connectivity index (χ3n) is 0.271. The van der Waals surface area contributed by atoms with Crippen LogP contribution in [0.1, 0.15) is 6.92 Å². The summed E-state index contributed by atoms with van der Waals surface area (Å²) in [4.78, 5) is 17.6. The van der Waals surface area contributed by atoms with Gasteiger partial charge in [0.05, 0.1) is 0 Å². The van der Waals surface area contributed by atoms with Gasteiger partial charge < -0.3 is 5.11 Å². The van der Waals surface area contributed by atoms with Crippen molar-refractivity contribution in [3.05, 3.63) is 12.2 Å². The fourth-order valence-corrected chi connectivity index (χ4v) is 0.0786. The Hall–Kier alpha value is -1.12. The molecule has 0 atom stereocenters. The lowest BCUT2D eigenvalue weighted by Gasteiger charge is -1.51. The Morgan fingerprint density at radius 3 is 2.00 bits per heavy atom. The van der Waals surface area contributed by atoms with E-state index in [1.807, 2.05) is 0 Å². The summed E-state index contributed by atoms with van der Waals surface area (Å²) in [5.41, 5.74) is 0. The molecule has 0 fully saturated rings. The standard InChI is InChI=1S/C4H6O.CHO2/c1-2-3-4-5;2-1-3/h2-4H,1H3;(H,2,3). The number of carbonyl (C=O) groups is 1. The van der Waals surface area contributed by atoms with Crippen molar-refractivity contribution >= 4 is 12.8 Å². The molecule has 0 aromatic rings. The minimum absolute atomic E-state index is 0.500. The van der Waals surface area contributed by atoms with Gasteiger partial charge in [0.2, 0.25) is 0 Å². The van der Waals surface area contributed by atoms with Gasteiger partial charge in [0.1, 0.15) is 6.29 Å². The Morgan fingerprint density at radius 1 is 1.62 bits per heavy atom. The van der Waals surface area contributed by atoms with Gasteiger partial charge in [-0.3, -0.25) is 4.79 Å². The molecule has 3 heteroatoms. The largest absolute Gasteiger partial charge is 0.473 e. The maximum atomic E-state index is 9.32. The van der Waals surface area contributed by atoms with Crippen molar-refractivity contribution in [2.45, 2.75) is 6.92 Å². The molecular formula is C5H7O3. The number of rotatable bonds is 1. The molecule has 45 valence electrons. The molecule has 0 spiro atoms. The molecule has 0 saturated carbocycles. The van der Waals surface area contributed by atoms with E-state index in [2.05, 4.69) is 0 Å². The number of carbonyl (C=O) groups excluding carboxylic acids is 1. The zero-order valence-corrected chi connectivity index (χ0v) is 4.50. The van der Waals surface area contributed by atoms with E-state index in [4.69, 9.17) is 9.90 Å². The fourth-order valence-electron chi connectivity index (χ4n) is 0.0786. The van der Waals surface area contributed by atoms with Crippen molar-refractivity contribution in [2.24, 2.45) is 0 Å². The molecule has 8 heavy (non-hydrogen) atoms. The molecule has 1 N–H and O–H groups in total. The molecule has 0 unspecified atom stereocenters.